The van der Waals surface area contributed by atoms with Crippen molar-refractivity contribution in [3.63, 3.8) is 0 Å². The lowest BCUT2D eigenvalue weighted by Crippen LogP contribution is -1.98. The van der Waals surface area contributed by atoms with Gasteiger partial charge in [0.05, 0.1) is 7.85 Å². The molecule has 52 valence electrons. The Morgan fingerprint density at radius 3 is 2.11 bits per heavy atom. The third kappa shape index (κ3) is 4.56. The summed E-state index contributed by atoms with van der Waals surface area (Å²) >= 11 is 0. The number of rotatable bonds is 4. The average Bonchev–Trinajstić information content (AvgIpc) is 1.87. The second kappa shape index (κ2) is 4.90. The van der Waals surface area contributed by atoms with Crippen LogP contribution in [0.15, 0.2) is 0 Å². The van der Waals surface area contributed by atoms with Gasteiger partial charge in [0.15, 0.2) is 0 Å². The third-order valence-electron chi connectivity index (χ3n) is 1.93. The maximum absolute atomic E-state index is 5.75. The van der Waals surface area contributed by atoms with Crippen molar-refractivity contribution < 1.29 is 0 Å². The summed E-state index contributed by atoms with van der Waals surface area (Å²) < 4.78 is 0. The first-order chi connectivity index (χ1) is 4.20. The molecular formula is C8H17B. The van der Waals surface area contributed by atoms with Crippen molar-refractivity contribution in [1.29, 1.82) is 0 Å². The van der Waals surface area contributed by atoms with Crippen LogP contribution in [0.3, 0.4) is 0 Å². The molecule has 0 aromatic heterocycles. The SMILES string of the molecule is [B]C(CC)CC(C)CC. The molecule has 0 aromatic rings. The van der Waals surface area contributed by atoms with Gasteiger partial charge in [-0.1, -0.05) is 45.9 Å². The Labute approximate surface area is 60.4 Å². The van der Waals surface area contributed by atoms with E-state index in [-0.39, 0.29) is 0 Å². The molecule has 2 radical (unpaired) electrons. The minimum absolute atomic E-state index is 0.431. The maximum atomic E-state index is 5.75. The van der Waals surface area contributed by atoms with E-state index in [1.54, 1.807) is 0 Å². The van der Waals surface area contributed by atoms with Crippen LogP contribution in [0.2, 0.25) is 5.82 Å². The maximum Gasteiger partial charge on any atom is 0.0699 e. The van der Waals surface area contributed by atoms with Gasteiger partial charge in [0.25, 0.3) is 0 Å². The molecular weight excluding hydrogens is 107 g/mol. The highest BCUT2D eigenvalue weighted by Crippen LogP contribution is 2.19. The summed E-state index contributed by atoms with van der Waals surface area (Å²) in [4.78, 5) is 0. The van der Waals surface area contributed by atoms with Crippen LogP contribution >= 0.6 is 0 Å². The quantitative estimate of drug-likeness (QED) is 0.505. The van der Waals surface area contributed by atoms with Gasteiger partial charge in [-0.15, -0.1) is 0 Å². The van der Waals surface area contributed by atoms with Gasteiger partial charge < -0.3 is 0 Å². The molecule has 0 amide bonds. The number of hydrogen-bond donors (Lipinski definition) is 0. The van der Waals surface area contributed by atoms with Crippen molar-refractivity contribution in [2.75, 3.05) is 0 Å². The highest BCUT2D eigenvalue weighted by Gasteiger charge is 2.03. The molecule has 0 saturated heterocycles. The molecule has 0 saturated carbocycles. The molecule has 0 fully saturated rings. The lowest BCUT2D eigenvalue weighted by molar-refractivity contribution is 0.492. The molecule has 0 N–H and O–H groups in total. The summed E-state index contributed by atoms with van der Waals surface area (Å²) in [5.74, 6) is 1.24. The lowest BCUT2D eigenvalue weighted by atomic mass is 9.78. The molecule has 0 aliphatic heterocycles. The van der Waals surface area contributed by atoms with Crippen LogP contribution in [-0.4, -0.2) is 7.85 Å². The molecule has 0 aliphatic rings. The fraction of sp³-hybridized carbons (Fsp3) is 1.00. The van der Waals surface area contributed by atoms with Gasteiger partial charge in [0.2, 0.25) is 0 Å². The van der Waals surface area contributed by atoms with Gasteiger partial charge in [-0.3, -0.25) is 0 Å². The van der Waals surface area contributed by atoms with Crippen molar-refractivity contribution in [2.24, 2.45) is 5.92 Å². The van der Waals surface area contributed by atoms with Crippen molar-refractivity contribution in [2.45, 2.75) is 45.9 Å². The zero-order chi connectivity index (χ0) is 7.28. The Morgan fingerprint density at radius 1 is 1.22 bits per heavy atom. The minimum atomic E-state index is 0.431. The standard InChI is InChI=1S/C8H17B/c1-4-7(3)6-8(9)5-2/h7-8H,4-6H2,1-3H3. The summed E-state index contributed by atoms with van der Waals surface area (Å²) in [5.41, 5.74) is 0. The first-order valence-corrected chi connectivity index (χ1v) is 3.96. The predicted octanol–water partition coefficient (Wildman–Crippen LogP) is 2.79. The predicted molar refractivity (Wildman–Crippen MR) is 43.9 cm³/mol. The zero-order valence-corrected chi connectivity index (χ0v) is 6.85. The Kier molecular flexibility index (Phi) is 4.93. The van der Waals surface area contributed by atoms with Crippen LogP contribution in [0.5, 0.6) is 0 Å². The molecule has 0 nitrogen and oxygen atoms in total. The van der Waals surface area contributed by atoms with E-state index < -0.39 is 0 Å². The van der Waals surface area contributed by atoms with Crippen molar-refractivity contribution in [1.82, 2.24) is 0 Å². The fourth-order valence-corrected chi connectivity index (χ4v) is 0.850. The lowest BCUT2D eigenvalue weighted by Gasteiger charge is -2.13. The molecule has 1 heteroatoms. The van der Waals surface area contributed by atoms with E-state index in [2.05, 4.69) is 20.8 Å². The summed E-state index contributed by atoms with van der Waals surface area (Å²) in [7, 11) is 5.75. The van der Waals surface area contributed by atoms with Crippen LogP contribution in [0.1, 0.15) is 40.0 Å². The summed E-state index contributed by atoms with van der Waals surface area (Å²) in [6.45, 7) is 6.62. The Bertz CT molecular complexity index is 53.6. The molecule has 0 rings (SSSR count). The second-order valence-electron chi connectivity index (χ2n) is 2.92. The zero-order valence-electron chi connectivity index (χ0n) is 6.85. The van der Waals surface area contributed by atoms with Crippen molar-refractivity contribution in [3.8, 4) is 0 Å². The van der Waals surface area contributed by atoms with Gasteiger partial charge >= 0.3 is 0 Å². The molecule has 0 aliphatic carbocycles. The highest BCUT2D eigenvalue weighted by atomic mass is 14.1. The van der Waals surface area contributed by atoms with E-state index in [9.17, 15) is 0 Å². The Balaban J connectivity index is 3.22. The molecule has 2 unspecified atom stereocenters. The van der Waals surface area contributed by atoms with E-state index in [1.807, 2.05) is 0 Å². The fourth-order valence-electron chi connectivity index (χ4n) is 0.850. The van der Waals surface area contributed by atoms with E-state index in [4.69, 9.17) is 7.85 Å². The van der Waals surface area contributed by atoms with E-state index in [1.165, 1.54) is 12.8 Å². The summed E-state index contributed by atoms with van der Waals surface area (Å²) in [5, 5.41) is 0. The van der Waals surface area contributed by atoms with Gasteiger partial charge in [-0.25, -0.2) is 0 Å². The first-order valence-electron chi connectivity index (χ1n) is 3.96. The van der Waals surface area contributed by atoms with Crippen LogP contribution in [0, 0.1) is 5.92 Å². The Morgan fingerprint density at radius 2 is 1.78 bits per heavy atom. The van der Waals surface area contributed by atoms with Gasteiger partial charge in [-0.05, 0) is 5.92 Å². The molecule has 0 heterocycles. The van der Waals surface area contributed by atoms with Gasteiger partial charge in [-0.2, -0.15) is 0 Å². The van der Waals surface area contributed by atoms with Crippen LogP contribution in [-0.2, 0) is 0 Å². The van der Waals surface area contributed by atoms with E-state index in [0.717, 1.165) is 12.3 Å². The van der Waals surface area contributed by atoms with Gasteiger partial charge in [0.1, 0.15) is 0 Å². The molecule has 9 heavy (non-hydrogen) atoms. The van der Waals surface area contributed by atoms with Gasteiger partial charge in [0, 0.05) is 0 Å². The van der Waals surface area contributed by atoms with Crippen molar-refractivity contribution >= 4 is 7.85 Å². The molecule has 0 aromatic carbocycles. The normalized spacial score (nSPS) is 17.2. The first kappa shape index (κ1) is 9.06. The largest absolute Gasteiger partial charge is 0.0774 e. The third-order valence-corrected chi connectivity index (χ3v) is 1.93. The molecule has 2 atom stereocenters. The molecule has 0 spiro atoms. The smallest absolute Gasteiger partial charge is 0.0699 e. The molecule has 0 bridgehead atoms. The topological polar surface area (TPSA) is 0 Å². The van der Waals surface area contributed by atoms with E-state index in [0.29, 0.717) is 5.82 Å². The summed E-state index contributed by atoms with van der Waals surface area (Å²) in [6.07, 6.45) is 3.56. The average molecular weight is 124 g/mol. The highest BCUT2D eigenvalue weighted by molar-refractivity contribution is 6.11. The van der Waals surface area contributed by atoms with E-state index >= 15 is 0 Å². The van der Waals surface area contributed by atoms with Crippen molar-refractivity contribution in [3.05, 3.63) is 0 Å². The van der Waals surface area contributed by atoms with Crippen LogP contribution < -0.4 is 0 Å². The minimum Gasteiger partial charge on any atom is -0.0774 e. The van der Waals surface area contributed by atoms with Crippen LogP contribution in [0.4, 0.5) is 0 Å². The van der Waals surface area contributed by atoms with Crippen LogP contribution in [0.25, 0.3) is 0 Å². The monoisotopic (exact) mass is 124 g/mol. The number of hydrogen-bond acceptors (Lipinski definition) is 0. The second-order valence-corrected chi connectivity index (χ2v) is 2.92. The Hall–Kier alpha value is 0.0649. The summed E-state index contributed by atoms with van der Waals surface area (Å²) in [6, 6.07) is 0.